The zero-order valence-electron chi connectivity index (χ0n) is 11.6. The van der Waals surface area contributed by atoms with Crippen molar-refractivity contribution in [2.24, 2.45) is 0 Å². The Kier molecular flexibility index (Phi) is 5.31. The van der Waals surface area contributed by atoms with Gasteiger partial charge in [0, 0.05) is 12.5 Å². The molecule has 1 saturated heterocycles. The summed E-state index contributed by atoms with van der Waals surface area (Å²) in [6.07, 6.45) is 1.57. The monoisotopic (exact) mass is 267 g/mol. The number of ether oxygens (including phenoxy) is 2. The number of aryl methyl sites for hydroxylation is 1. The van der Waals surface area contributed by atoms with E-state index in [1.165, 1.54) is 6.07 Å². The first-order chi connectivity index (χ1) is 9.20. The summed E-state index contributed by atoms with van der Waals surface area (Å²) in [6.45, 7) is 6.31. The molecule has 0 aromatic heterocycles. The molecule has 106 valence electrons. The Hall–Kier alpha value is -0.970. The zero-order valence-corrected chi connectivity index (χ0v) is 11.6. The molecule has 2 rings (SSSR count). The highest BCUT2D eigenvalue weighted by molar-refractivity contribution is 5.29. The van der Waals surface area contributed by atoms with Crippen LogP contribution in [0.4, 0.5) is 4.39 Å². The van der Waals surface area contributed by atoms with Gasteiger partial charge in [-0.25, -0.2) is 4.39 Å². The van der Waals surface area contributed by atoms with Crippen molar-refractivity contribution in [3.63, 3.8) is 0 Å². The van der Waals surface area contributed by atoms with Crippen LogP contribution in [-0.4, -0.2) is 26.0 Å². The average Bonchev–Trinajstić information content (AvgIpc) is 2.90. The first-order valence-electron chi connectivity index (χ1n) is 6.93. The molecule has 0 aliphatic carbocycles. The lowest BCUT2D eigenvalue weighted by Gasteiger charge is -2.23. The fourth-order valence-electron chi connectivity index (χ4n) is 2.36. The predicted octanol–water partition coefficient (Wildman–Crippen LogP) is 2.94. The van der Waals surface area contributed by atoms with E-state index in [1.807, 2.05) is 13.0 Å². The highest BCUT2D eigenvalue weighted by atomic mass is 19.1. The van der Waals surface area contributed by atoms with Gasteiger partial charge in [0.05, 0.1) is 13.2 Å². The summed E-state index contributed by atoms with van der Waals surface area (Å²) in [7, 11) is 0. The molecular formula is C15H22FNO2. The molecule has 1 heterocycles. The van der Waals surface area contributed by atoms with Crippen LogP contribution >= 0.6 is 0 Å². The van der Waals surface area contributed by atoms with Crippen molar-refractivity contribution in [3.8, 4) is 0 Å². The van der Waals surface area contributed by atoms with Gasteiger partial charge in [0.1, 0.15) is 5.82 Å². The fraction of sp³-hybridized carbons (Fsp3) is 0.600. The Bertz CT molecular complexity index is 405. The lowest BCUT2D eigenvalue weighted by Crippen LogP contribution is -2.27. The highest BCUT2D eigenvalue weighted by Crippen LogP contribution is 2.25. The summed E-state index contributed by atoms with van der Waals surface area (Å²) < 4.78 is 24.5. The van der Waals surface area contributed by atoms with Gasteiger partial charge in [-0.15, -0.1) is 0 Å². The fourth-order valence-corrected chi connectivity index (χ4v) is 2.36. The summed E-state index contributed by atoms with van der Waals surface area (Å²) in [5.74, 6) is -0.197. The molecule has 1 aromatic rings. The summed E-state index contributed by atoms with van der Waals surface area (Å²) in [5.41, 5.74) is 2.08. The molecule has 1 fully saturated rings. The molecule has 0 amide bonds. The van der Waals surface area contributed by atoms with Crippen molar-refractivity contribution in [2.75, 3.05) is 19.8 Å². The Morgan fingerprint density at radius 1 is 1.37 bits per heavy atom. The van der Waals surface area contributed by atoms with Gasteiger partial charge in [0.2, 0.25) is 0 Å². The van der Waals surface area contributed by atoms with Gasteiger partial charge in [-0.1, -0.05) is 13.0 Å². The van der Waals surface area contributed by atoms with E-state index < -0.39 is 0 Å². The van der Waals surface area contributed by atoms with Crippen LogP contribution in [0.1, 0.15) is 36.9 Å². The third kappa shape index (κ3) is 4.00. The number of benzene rings is 1. The molecule has 1 aliphatic heterocycles. The lowest BCUT2D eigenvalue weighted by molar-refractivity contribution is -0.0530. The molecule has 1 aliphatic rings. The van der Waals surface area contributed by atoms with Crippen LogP contribution in [0.15, 0.2) is 18.2 Å². The largest absolute Gasteiger partial charge is 0.350 e. The zero-order chi connectivity index (χ0) is 13.7. The maximum Gasteiger partial charge on any atom is 0.159 e. The van der Waals surface area contributed by atoms with Gasteiger partial charge in [-0.3, -0.25) is 0 Å². The Morgan fingerprint density at radius 3 is 2.79 bits per heavy atom. The molecule has 1 unspecified atom stereocenters. The third-order valence-corrected chi connectivity index (χ3v) is 3.38. The molecule has 0 radical (unpaired) electrons. The second kappa shape index (κ2) is 6.98. The number of rotatable bonds is 6. The van der Waals surface area contributed by atoms with Gasteiger partial charge in [-0.05, 0) is 43.1 Å². The second-order valence-electron chi connectivity index (χ2n) is 4.91. The molecule has 4 heteroatoms. The van der Waals surface area contributed by atoms with Crippen molar-refractivity contribution in [2.45, 2.75) is 39.0 Å². The maximum absolute atomic E-state index is 13.5. The number of hydrogen-bond acceptors (Lipinski definition) is 3. The summed E-state index contributed by atoms with van der Waals surface area (Å²) in [4.78, 5) is 0. The Morgan fingerprint density at radius 2 is 2.11 bits per heavy atom. The number of nitrogens with one attached hydrogen (secondary N) is 1. The minimum absolute atomic E-state index is 0.0683. The summed E-state index contributed by atoms with van der Waals surface area (Å²) >= 11 is 0. The minimum atomic E-state index is -0.197. The number of halogens is 1. The Balaban J connectivity index is 2.12. The van der Waals surface area contributed by atoms with Crippen LogP contribution in [0.5, 0.6) is 0 Å². The molecular weight excluding hydrogens is 245 g/mol. The van der Waals surface area contributed by atoms with Gasteiger partial charge in [0.15, 0.2) is 6.29 Å². The lowest BCUT2D eigenvalue weighted by atomic mass is 9.98. The van der Waals surface area contributed by atoms with Crippen LogP contribution < -0.4 is 5.32 Å². The van der Waals surface area contributed by atoms with E-state index in [0.717, 1.165) is 24.1 Å². The van der Waals surface area contributed by atoms with Gasteiger partial charge in [0.25, 0.3) is 0 Å². The second-order valence-corrected chi connectivity index (χ2v) is 4.91. The topological polar surface area (TPSA) is 30.5 Å². The van der Waals surface area contributed by atoms with E-state index >= 15 is 0 Å². The van der Waals surface area contributed by atoms with Crippen molar-refractivity contribution in [3.05, 3.63) is 35.1 Å². The van der Waals surface area contributed by atoms with Crippen molar-refractivity contribution < 1.29 is 13.9 Å². The SMILES string of the molecule is CCCNC(CC1OCCO1)c1cc(F)ccc1C. The van der Waals surface area contributed by atoms with Crippen LogP contribution in [0.3, 0.4) is 0 Å². The van der Waals surface area contributed by atoms with E-state index in [9.17, 15) is 4.39 Å². The smallest absolute Gasteiger partial charge is 0.159 e. The molecule has 3 nitrogen and oxygen atoms in total. The molecule has 0 saturated carbocycles. The van der Waals surface area contributed by atoms with E-state index in [4.69, 9.17) is 9.47 Å². The van der Waals surface area contributed by atoms with Crippen molar-refractivity contribution in [1.82, 2.24) is 5.32 Å². The van der Waals surface area contributed by atoms with Gasteiger partial charge in [-0.2, -0.15) is 0 Å². The quantitative estimate of drug-likeness (QED) is 0.859. The molecule has 19 heavy (non-hydrogen) atoms. The van der Waals surface area contributed by atoms with Gasteiger partial charge >= 0.3 is 0 Å². The standard InChI is InChI=1S/C15H22FNO2/c1-3-6-17-14(10-15-18-7-8-19-15)13-9-12(16)5-4-11(13)2/h4-5,9,14-15,17H,3,6-8,10H2,1-2H3. The third-order valence-electron chi connectivity index (χ3n) is 3.38. The Labute approximate surface area is 114 Å². The molecule has 0 bridgehead atoms. The van der Waals surface area contributed by atoms with E-state index in [0.29, 0.717) is 19.6 Å². The van der Waals surface area contributed by atoms with Crippen molar-refractivity contribution in [1.29, 1.82) is 0 Å². The van der Waals surface area contributed by atoms with Crippen molar-refractivity contribution >= 4 is 0 Å². The molecule has 1 atom stereocenters. The van der Waals surface area contributed by atoms with Crippen LogP contribution in [0.25, 0.3) is 0 Å². The van der Waals surface area contributed by atoms with Crippen LogP contribution in [0.2, 0.25) is 0 Å². The predicted molar refractivity (Wildman–Crippen MR) is 72.5 cm³/mol. The normalized spacial score (nSPS) is 17.8. The maximum atomic E-state index is 13.5. The van der Waals surface area contributed by atoms with Crippen LogP contribution in [-0.2, 0) is 9.47 Å². The molecule has 1 aromatic carbocycles. The first-order valence-corrected chi connectivity index (χ1v) is 6.93. The average molecular weight is 267 g/mol. The molecule has 1 N–H and O–H groups in total. The summed E-state index contributed by atoms with van der Waals surface area (Å²) in [6, 6.07) is 5.00. The summed E-state index contributed by atoms with van der Waals surface area (Å²) in [5, 5.41) is 3.45. The first kappa shape index (κ1) is 14.4. The van der Waals surface area contributed by atoms with E-state index in [-0.39, 0.29) is 18.1 Å². The number of hydrogen-bond donors (Lipinski definition) is 1. The van der Waals surface area contributed by atoms with E-state index in [1.54, 1.807) is 6.07 Å². The van der Waals surface area contributed by atoms with Crippen LogP contribution in [0, 0.1) is 12.7 Å². The minimum Gasteiger partial charge on any atom is -0.350 e. The molecule has 0 spiro atoms. The van der Waals surface area contributed by atoms with E-state index in [2.05, 4.69) is 12.2 Å². The highest BCUT2D eigenvalue weighted by Gasteiger charge is 2.23. The van der Waals surface area contributed by atoms with Gasteiger partial charge < -0.3 is 14.8 Å².